The number of nitrogens with two attached hydrogens (primary N) is 1. The first-order valence-electron chi connectivity index (χ1n) is 5.31. The largest absolute Gasteiger partial charge is 0.332 e. The van der Waals surface area contributed by atoms with Gasteiger partial charge in [-0.2, -0.15) is 0 Å². The van der Waals surface area contributed by atoms with E-state index in [2.05, 4.69) is 14.5 Å². The maximum Gasteiger partial charge on any atom is 0.0949 e. The van der Waals surface area contributed by atoms with Crippen LogP contribution in [0.4, 0.5) is 0 Å². The fourth-order valence-corrected chi connectivity index (χ4v) is 1.97. The molecule has 0 atom stereocenters. The lowest BCUT2D eigenvalue weighted by atomic mass is 10.4. The minimum absolute atomic E-state index is 0.583. The molecule has 1 aromatic heterocycles. The quantitative estimate of drug-likeness (QED) is 0.756. The first kappa shape index (κ1) is 9.68. The fraction of sp³-hybridized carbons (Fsp3) is 0.700. The van der Waals surface area contributed by atoms with Gasteiger partial charge in [-0.05, 0) is 25.9 Å². The second kappa shape index (κ2) is 4.57. The smallest absolute Gasteiger partial charge is 0.0949 e. The van der Waals surface area contributed by atoms with Crippen molar-refractivity contribution in [1.29, 1.82) is 0 Å². The molecule has 0 unspecified atom stereocenters. The van der Waals surface area contributed by atoms with Crippen molar-refractivity contribution < 1.29 is 0 Å². The summed E-state index contributed by atoms with van der Waals surface area (Å²) in [6.45, 7) is 5.25. The molecule has 2 rings (SSSR count). The zero-order valence-corrected chi connectivity index (χ0v) is 8.52. The van der Waals surface area contributed by atoms with E-state index in [4.69, 9.17) is 5.73 Å². The van der Waals surface area contributed by atoms with Crippen molar-refractivity contribution >= 4 is 0 Å². The van der Waals surface area contributed by atoms with Crippen molar-refractivity contribution in [3.8, 4) is 0 Å². The van der Waals surface area contributed by atoms with Gasteiger partial charge < -0.3 is 15.2 Å². The molecule has 2 N–H and O–H groups in total. The van der Waals surface area contributed by atoms with E-state index in [1.54, 1.807) is 0 Å². The fourth-order valence-electron chi connectivity index (χ4n) is 1.97. The van der Waals surface area contributed by atoms with Crippen LogP contribution >= 0.6 is 0 Å². The Kier molecular flexibility index (Phi) is 3.16. The summed E-state index contributed by atoms with van der Waals surface area (Å²) in [7, 11) is 0. The van der Waals surface area contributed by atoms with E-state index in [0.29, 0.717) is 6.54 Å². The normalized spacial score (nSPS) is 17.8. The lowest BCUT2D eigenvalue weighted by molar-refractivity contribution is 0.321. The summed E-state index contributed by atoms with van der Waals surface area (Å²) in [4.78, 5) is 6.60. The van der Waals surface area contributed by atoms with Crippen LogP contribution in [0.3, 0.4) is 0 Å². The molecule has 0 radical (unpaired) electrons. The van der Waals surface area contributed by atoms with Gasteiger partial charge in [0, 0.05) is 25.8 Å². The van der Waals surface area contributed by atoms with E-state index in [0.717, 1.165) is 18.8 Å². The van der Waals surface area contributed by atoms with Crippen LogP contribution < -0.4 is 5.73 Å². The van der Waals surface area contributed by atoms with Gasteiger partial charge in [0.2, 0.25) is 0 Å². The lowest BCUT2D eigenvalue weighted by Crippen LogP contribution is -2.24. The van der Waals surface area contributed by atoms with Gasteiger partial charge in [-0.3, -0.25) is 0 Å². The highest BCUT2D eigenvalue weighted by Crippen LogP contribution is 2.07. The molecular weight excluding hydrogens is 176 g/mol. The van der Waals surface area contributed by atoms with Gasteiger partial charge >= 0.3 is 0 Å². The van der Waals surface area contributed by atoms with Crippen LogP contribution in [0.2, 0.25) is 0 Å². The number of nitrogens with zero attached hydrogens (tertiary/aromatic N) is 3. The number of hydrogen-bond acceptors (Lipinski definition) is 3. The number of rotatable bonds is 4. The van der Waals surface area contributed by atoms with Gasteiger partial charge in [-0.1, -0.05) is 0 Å². The Labute approximate surface area is 84.7 Å². The molecule has 2 heterocycles. The van der Waals surface area contributed by atoms with Crippen molar-refractivity contribution in [3.63, 3.8) is 0 Å². The highest BCUT2D eigenvalue weighted by atomic mass is 15.2. The number of likely N-dealkylation sites (tertiary alicyclic amines) is 1. The molecule has 1 aromatic rings. The maximum atomic E-state index is 5.60. The van der Waals surface area contributed by atoms with Crippen molar-refractivity contribution in [3.05, 3.63) is 18.2 Å². The summed E-state index contributed by atoms with van der Waals surface area (Å²) < 4.78 is 2.15. The summed E-state index contributed by atoms with van der Waals surface area (Å²) in [5.74, 6) is 0. The Balaban J connectivity index is 1.84. The predicted octanol–water partition coefficient (Wildman–Crippen LogP) is 0.438. The van der Waals surface area contributed by atoms with E-state index in [1.165, 1.54) is 25.9 Å². The molecule has 4 heteroatoms. The Hall–Kier alpha value is -0.870. The molecule has 0 aromatic carbocycles. The Morgan fingerprint density at radius 3 is 2.79 bits per heavy atom. The summed E-state index contributed by atoms with van der Waals surface area (Å²) in [6.07, 6.45) is 6.43. The molecule has 14 heavy (non-hydrogen) atoms. The van der Waals surface area contributed by atoms with Crippen LogP contribution in [0.1, 0.15) is 18.5 Å². The van der Waals surface area contributed by atoms with Gasteiger partial charge in [-0.15, -0.1) is 0 Å². The van der Waals surface area contributed by atoms with Crippen molar-refractivity contribution in [2.45, 2.75) is 25.9 Å². The molecule has 1 fully saturated rings. The van der Waals surface area contributed by atoms with E-state index in [-0.39, 0.29) is 0 Å². The standard InChI is InChI=1S/C10H18N4/c11-7-10-8-12-9-14(10)6-5-13-3-1-2-4-13/h8-9H,1-7,11H2. The van der Waals surface area contributed by atoms with Crippen molar-refractivity contribution in [2.75, 3.05) is 19.6 Å². The van der Waals surface area contributed by atoms with E-state index >= 15 is 0 Å². The van der Waals surface area contributed by atoms with Crippen LogP contribution in [0.15, 0.2) is 12.5 Å². The minimum atomic E-state index is 0.583. The Morgan fingerprint density at radius 2 is 2.07 bits per heavy atom. The predicted molar refractivity (Wildman–Crippen MR) is 55.8 cm³/mol. The summed E-state index contributed by atoms with van der Waals surface area (Å²) in [5, 5.41) is 0. The molecular formula is C10H18N4. The van der Waals surface area contributed by atoms with Crippen LogP contribution in [0.25, 0.3) is 0 Å². The third kappa shape index (κ3) is 2.13. The number of hydrogen-bond donors (Lipinski definition) is 1. The first-order valence-corrected chi connectivity index (χ1v) is 5.31. The summed E-state index contributed by atoms with van der Waals surface area (Å²) in [5.41, 5.74) is 6.73. The second-order valence-corrected chi connectivity index (χ2v) is 3.83. The molecule has 0 spiro atoms. The number of aromatic nitrogens is 2. The van der Waals surface area contributed by atoms with E-state index < -0.39 is 0 Å². The highest BCUT2D eigenvalue weighted by Gasteiger charge is 2.11. The molecule has 1 aliphatic heterocycles. The summed E-state index contributed by atoms with van der Waals surface area (Å²) in [6, 6.07) is 0. The molecule has 1 aliphatic rings. The second-order valence-electron chi connectivity index (χ2n) is 3.83. The van der Waals surface area contributed by atoms with Crippen LogP contribution in [-0.2, 0) is 13.1 Å². The summed E-state index contributed by atoms with van der Waals surface area (Å²) >= 11 is 0. The van der Waals surface area contributed by atoms with Crippen molar-refractivity contribution in [2.24, 2.45) is 5.73 Å². The molecule has 1 saturated heterocycles. The Morgan fingerprint density at radius 1 is 1.29 bits per heavy atom. The van der Waals surface area contributed by atoms with Gasteiger partial charge in [0.1, 0.15) is 0 Å². The first-order chi connectivity index (χ1) is 6.90. The average molecular weight is 194 g/mol. The topological polar surface area (TPSA) is 47.1 Å². The van der Waals surface area contributed by atoms with Crippen molar-refractivity contribution in [1.82, 2.24) is 14.5 Å². The zero-order chi connectivity index (χ0) is 9.80. The molecule has 0 bridgehead atoms. The molecule has 0 amide bonds. The number of imidazole rings is 1. The monoisotopic (exact) mass is 194 g/mol. The highest BCUT2D eigenvalue weighted by molar-refractivity contribution is 4.97. The minimum Gasteiger partial charge on any atom is -0.332 e. The molecule has 78 valence electrons. The lowest BCUT2D eigenvalue weighted by Gasteiger charge is -2.15. The van der Waals surface area contributed by atoms with Gasteiger partial charge in [-0.25, -0.2) is 4.98 Å². The van der Waals surface area contributed by atoms with E-state index in [9.17, 15) is 0 Å². The molecule has 0 saturated carbocycles. The third-order valence-corrected chi connectivity index (χ3v) is 2.86. The molecule has 0 aliphatic carbocycles. The van der Waals surface area contributed by atoms with Crippen LogP contribution in [0, 0.1) is 0 Å². The van der Waals surface area contributed by atoms with Crippen LogP contribution in [0.5, 0.6) is 0 Å². The average Bonchev–Trinajstić information content (AvgIpc) is 2.85. The zero-order valence-electron chi connectivity index (χ0n) is 8.52. The molecule has 4 nitrogen and oxygen atoms in total. The van der Waals surface area contributed by atoms with Gasteiger partial charge in [0.15, 0.2) is 0 Å². The SMILES string of the molecule is NCc1cncn1CCN1CCCC1. The third-order valence-electron chi connectivity index (χ3n) is 2.86. The van der Waals surface area contributed by atoms with E-state index in [1.807, 2.05) is 12.5 Å². The Bertz CT molecular complexity index is 275. The van der Waals surface area contributed by atoms with Gasteiger partial charge in [0.25, 0.3) is 0 Å². The van der Waals surface area contributed by atoms with Gasteiger partial charge in [0.05, 0.1) is 12.0 Å². The van der Waals surface area contributed by atoms with Crippen LogP contribution in [-0.4, -0.2) is 34.1 Å². The maximum absolute atomic E-state index is 5.60.